The van der Waals surface area contributed by atoms with Gasteiger partial charge in [-0.2, -0.15) is 0 Å². The summed E-state index contributed by atoms with van der Waals surface area (Å²) in [5.74, 6) is 0. The standard InChI is InChI=1S/C65H42N2.C58H36N2O/c1-3-16-42(17-4-1)48-37-49(43-18-5-2-6-19-43)39-50(38-48)66-60-29-11-9-23-55(60)57-34-32-45(41-64(57)66)44-33-35-63-59(40-44)56-24-10-12-30-61(56)67(63)62-31-15-26-52-53(25-14-27-54(52)62)58-28-13-21-47-36-46-20-7-8-22-51(46)65(47)58;1-2-13-37(14-3-1)38-15-10-16-42(33-38)59-52-23-7-4-17-46(52)48-30-27-40(35-56(48)59)39-29-32-55-51(34-39)47-18-5-8-24-53(47)60(55)54-25-12-21-44-43(20-11-22-45(44)54)41-28-31-50-49-19-6-9-26-57(49)61-58(50)36-41/h1-35,37-41H,36H2;1-36H. The lowest BCUT2D eigenvalue weighted by molar-refractivity contribution is 0.669. The monoisotopic (exact) mass is 1630 g/mol. The van der Waals surface area contributed by atoms with Gasteiger partial charge in [0.25, 0.3) is 0 Å². The highest BCUT2D eigenvalue weighted by atomic mass is 16.3. The minimum atomic E-state index is 0.905. The Kier molecular flexibility index (Phi) is 16.7. The first-order valence-corrected chi connectivity index (χ1v) is 44.2. The smallest absolute Gasteiger partial charge is 0.136 e. The maximum absolute atomic E-state index is 6.32. The van der Waals surface area contributed by atoms with Gasteiger partial charge in [-0.1, -0.05) is 340 Å². The number of benzene rings is 21. The highest BCUT2D eigenvalue weighted by Crippen LogP contribution is 2.49. The van der Waals surface area contributed by atoms with Gasteiger partial charge < -0.3 is 22.7 Å². The molecule has 0 fully saturated rings. The average molecular weight is 1630 g/mol. The maximum atomic E-state index is 6.32. The van der Waals surface area contributed by atoms with E-state index in [1.807, 2.05) is 12.1 Å². The van der Waals surface area contributed by atoms with Gasteiger partial charge in [-0.3, -0.25) is 0 Å². The van der Waals surface area contributed by atoms with Crippen molar-refractivity contribution in [2.45, 2.75) is 6.42 Å². The Bertz CT molecular complexity index is 8990. The summed E-state index contributed by atoms with van der Waals surface area (Å²) in [6.45, 7) is 0. The quantitative estimate of drug-likeness (QED) is 0.127. The van der Waals surface area contributed by atoms with Gasteiger partial charge >= 0.3 is 0 Å². The molecule has 1 aliphatic rings. The molecule has 21 aromatic carbocycles. The van der Waals surface area contributed by atoms with E-state index in [2.05, 4.69) is 467 Å². The van der Waals surface area contributed by atoms with Gasteiger partial charge in [-0.05, 0) is 239 Å². The van der Waals surface area contributed by atoms with E-state index in [-0.39, 0.29) is 0 Å². The molecule has 128 heavy (non-hydrogen) atoms. The highest BCUT2D eigenvalue weighted by molar-refractivity contribution is 6.18. The molecular weight excluding hydrogens is 1550 g/mol. The van der Waals surface area contributed by atoms with Crippen molar-refractivity contribution in [2.75, 3.05) is 0 Å². The number of hydrogen-bond acceptors (Lipinski definition) is 1. The highest BCUT2D eigenvalue weighted by Gasteiger charge is 2.26. The zero-order valence-corrected chi connectivity index (χ0v) is 69.8. The molecule has 0 atom stereocenters. The SMILES string of the molecule is c1ccc(-c2cc(-c3ccccc3)cc(-n3c4ccccc4c4ccc(-c5ccc6c(c5)c5ccccc5n6-c5cccc6c(-c7cccc8c7-c7ccccc7C8)cccc56)cc43)c2)cc1.c1ccc(-c2cccc(-n3c4ccccc4c4ccc(-c5ccc6c(c5)c5ccccc5n6-c5cccc6c(-c7ccc8c(c7)oc7ccccc78)cccc56)cc43)c2)cc1. The second kappa shape index (κ2) is 29.4. The number of para-hydroxylation sites is 5. The molecule has 0 amide bonds. The Morgan fingerprint density at radius 1 is 0.156 bits per heavy atom. The van der Waals surface area contributed by atoms with Crippen LogP contribution in [0.2, 0.25) is 0 Å². The molecule has 596 valence electrons. The molecule has 0 radical (unpaired) electrons. The third kappa shape index (κ3) is 11.7. The average Bonchev–Trinajstić information content (AvgIpc) is 1.58. The first-order chi connectivity index (χ1) is 63.5. The lowest BCUT2D eigenvalue weighted by atomic mass is 9.91. The first-order valence-electron chi connectivity index (χ1n) is 44.2. The van der Waals surface area contributed by atoms with E-state index in [0.717, 1.165) is 51.0 Å². The molecule has 27 rings (SSSR count). The van der Waals surface area contributed by atoms with Crippen molar-refractivity contribution in [2.24, 2.45) is 0 Å². The van der Waals surface area contributed by atoms with Crippen LogP contribution in [0.3, 0.4) is 0 Å². The van der Waals surface area contributed by atoms with E-state index in [1.165, 1.54) is 209 Å². The van der Waals surface area contributed by atoms with Crippen molar-refractivity contribution in [1.82, 2.24) is 18.3 Å². The van der Waals surface area contributed by atoms with Crippen molar-refractivity contribution in [3.63, 3.8) is 0 Å². The molecule has 0 saturated heterocycles. The number of fused-ring (bicyclic) bond motifs is 20. The second-order valence-electron chi connectivity index (χ2n) is 34.1. The van der Waals surface area contributed by atoms with E-state index in [0.29, 0.717) is 0 Å². The predicted molar refractivity (Wildman–Crippen MR) is 539 cm³/mol. The van der Waals surface area contributed by atoms with Crippen LogP contribution in [0.15, 0.2) is 465 Å². The summed E-state index contributed by atoms with van der Waals surface area (Å²) in [7, 11) is 0. The van der Waals surface area contributed by atoms with Crippen LogP contribution in [0.1, 0.15) is 11.1 Å². The van der Waals surface area contributed by atoms with Gasteiger partial charge in [0, 0.05) is 76.0 Å². The summed E-state index contributed by atoms with van der Waals surface area (Å²) in [5, 5.41) is 17.1. The van der Waals surface area contributed by atoms with Crippen LogP contribution in [0.5, 0.6) is 0 Å². The minimum absolute atomic E-state index is 0.905. The Balaban J connectivity index is 0.000000136. The molecule has 26 aromatic rings. The summed E-state index contributed by atoms with van der Waals surface area (Å²) in [6.07, 6.45) is 0.980. The van der Waals surface area contributed by atoms with Crippen LogP contribution in [0.4, 0.5) is 0 Å². The third-order valence-corrected chi connectivity index (χ3v) is 27.0. The third-order valence-electron chi connectivity index (χ3n) is 27.0. The van der Waals surface area contributed by atoms with Crippen molar-refractivity contribution >= 4 is 131 Å². The summed E-state index contributed by atoms with van der Waals surface area (Å²) < 4.78 is 16.1. The van der Waals surface area contributed by atoms with E-state index < -0.39 is 0 Å². The molecule has 0 bridgehead atoms. The number of nitrogens with zero attached hydrogens (tertiary/aromatic N) is 4. The van der Waals surface area contributed by atoms with Crippen molar-refractivity contribution in [1.29, 1.82) is 0 Å². The predicted octanol–water partition coefficient (Wildman–Crippen LogP) is 33.2. The van der Waals surface area contributed by atoms with Gasteiger partial charge in [0.05, 0.1) is 55.5 Å². The van der Waals surface area contributed by atoms with Crippen LogP contribution in [-0.2, 0) is 6.42 Å². The Morgan fingerprint density at radius 2 is 0.516 bits per heavy atom. The van der Waals surface area contributed by atoms with Crippen molar-refractivity contribution < 1.29 is 4.42 Å². The van der Waals surface area contributed by atoms with Crippen molar-refractivity contribution in [3.8, 4) is 112 Å². The summed E-state index contributed by atoms with van der Waals surface area (Å²) in [6, 6.07) is 169. The Morgan fingerprint density at radius 3 is 1.11 bits per heavy atom. The van der Waals surface area contributed by atoms with E-state index >= 15 is 0 Å². The summed E-state index contributed by atoms with van der Waals surface area (Å²) >= 11 is 0. The van der Waals surface area contributed by atoms with Gasteiger partial charge in [-0.25, -0.2) is 0 Å². The molecule has 1 aliphatic carbocycles. The second-order valence-corrected chi connectivity index (χ2v) is 34.1. The summed E-state index contributed by atoms with van der Waals surface area (Å²) in [5.41, 5.74) is 38.4. The normalized spacial score (nSPS) is 12.0. The molecule has 0 unspecified atom stereocenters. The van der Waals surface area contributed by atoms with Crippen LogP contribution in [0, 0.1) is 0 Å². The zero-order chi connectivity index (χ0) is 84.0. The molecule has 0 saturated carbocycles. The molecule has 5 aromatic heterocycles. The van der Waals surface area contributed by atoms with E-state index in [4.69, 9.17) is 4.42 Å². The molecule has 0 N–H and O–H groups in total. The summed E-state index contributed by atoms with van der Waals surface area (Å²) in [4.78, 5) is 0. The number of furan rings is 1. The van der Waals surface area contributed by atoms with Crippen molar-refractivity contribution in [3.05, 3.63) is 472 Å². The lowest BCUT2D eigenvalue weighted by Crippen LogP contribution is -1.96. The molecule has 5 heteroatoms. The van der Waals surface area contributed by atoms with Crippen LogP contribution < -0.4 is 0 Å². The van der Waals surface area contributed by atoms with Gasteiger partial charge in [0.1, 0.15) is 11.2 Å². The fourth-order valence-corrected chi connectivity index (χ4v) is 21.2. The number of hydrogen-bond donors (Lipinski definition) is 0. The fourth-order valence-electron chi connectivity index (χ4n) is 21.2. The van der Waals surface area contributed by atoms with Crippen LogP contribution >= 0.6 is 0 Å². The Labute approximate surface area is 738 Å². The fraction of sp³-hybridized carbons (Fsp3) is 0.00813. The molecular formula is C123H78N4O. The minimum Gasteiger partial charge on any atom is -0.456 e. The van der Waals surface area contributed by atoms with Crippen LogP contribution in [0.25, 0.3) is 242 Å². The topological polar surface area (TPSA) is 32.9 Å². The maximum Gasteiger partial charge on any atom is 0.136 e. The van der Waals surface area contributed by atoms with Crippen LogP contribution in [-0.4, -0.2) is 18.3 Å². The molecule has 5 nitrogen and oxygen atoms in total. The lowest BCUT2D eigenvalue weighted by Gasteiger charge is -2.16. The zero-order valence-electron chi connectivity index (χ0n) is 69.8. The Hall–Kier alpha value is -16.9. The number of rotatable bonds is 11. The van der Waals surface area contributed by atoms with Gasteiger partial charge in [0.2, 0.25) is 0 Å². The van der Waals surface area contributed by atoms with E-state index in [9.17, 15) is 0 Å². The van der Waals surface area contributed by atoms with Gasteiger partial charge in [0.15, 0.2) is 0 Å². The van der Waals surface area contributed by atoms with Gasteiger partial charge in [-0.15, -0.1) is 0 Å². The molecule has 0 spiro atoms. The van der Waals surface area contributed by atoms with E-state index in [1.54, 1.807) is 0 Å². The number of aromatic nitrogens is 4. The largest absolute Gasteiger partial charge is 0.456 e. The molecule has 5 heterocycles. The first kappa shape index (κ1) is 72.7. The molecule has 0 aliphatic heterocycles.